The maximum atomic E-state index is 12.9. The van der Waals surface area contributed by atoms with E-state index in [0.29, 0.717) is 17.1 Å². The zero-order valence-electron chi connectivity index (χ0n) is 15.9. The standard InChI is InChI=1S/C21H20Cl2N2O4/c1-24(2)9-10-25-18(12-3-5-13(22)6-4-12)17(20(28)21(25)29)19(27)15-11-14(23)7-8-16(15)26/h3-8,11,18,26-27H,9-10H2,1-2H3/t18-/m0/s1. The van der Waals surface area contributed by atoms with Gasteiger partial charge in [-0.05, 0) is 50.0 Å². The van der Waals surface area contributed by atoms with E-state index in [0.717, 1.165) is 0 Å². The number of amides is 1. The highest BCUT2D eigenvalue weighted by Gasteiger charge is 2.46. The highest BCUT2D eigenvalue weighted by Crippen LogP contribution is 2.41. The lowest BCUT2D eigenvalue weighted by Gasteiger charge is -2.26. The predicted molar refractivity (Wildman–Crippen MR) is 112 cm³/mol. The van der Waals surface area contributed by atoms with Gasteiger partial charge in [0.05, 0.1) is 17.2 Å². The number of hydrogen-bond acceptors (Lipinski definition) is 5. The molecule has 2 N–H and O–H groups in total. The fourth-order valence-electron chi connectivity index (χ4n) is 3.25. The van der Waals surface area contributed by atoms with E-state index in [1.165, 1.54) is 23.1 Å². The molecule has 6 nitrogen and oxygen atoms in total. The van der Waals surface area contributed by atoms with Crippen molar-refractivity contribution in [2.24, 2.45) is 0 Å². The Labute approximate surface area is 178 Å². The quantitative estimate of drug-likeness (QED) is 0.426. The molecule has 1 saturated heterocycles. The topological polar surface area (TPSA) is 81.1 Å². The van der Waals surface area contributed by atoms with Crippen LogP contribution in [0.4, 0.5) is 0 Å². The number of carbonyl (C=O) groups is 2. The lowest BCUT2D eigenvalue weighted by molar-refractivity contribution is -0.140. The molecule has 3 rings (SSSR count). The Hall–Kier alpha value is -2.54. The third-order valence-corrected chi connectivity index (χ3v) is 5.21. The Morgan fingerprint density at radius 2 is 1.69 bits per heavy atom. The van der Waals surface area contributed by atoms with Gasteiger partial charge in [0.1, 0.15) is 11.5 Å². The monoisotopic (exact) mass is 434 g/mol. The average molecular weight is 435 g/mol. The molecule has 0 saturated carbocycles. The molecular formula is C21H20Cl2N2O4. The van der Waals surface area contributed by atoms with Gasteiger partial charge in [-0.25, -0.2) is 0 Å². The van der Waals surface area contributed by atoms with Crippen molar-refractivity contribution in [2.45, 2.75) is 6.04 Å². The molecule has 152 valence electrons. The largest absolute Gasteiger partial charge is 0.507 e. The highest BCUT2D eigenvalue weighted by atomic mass is 35.5. The number of halogens is 2. The summed E-state index contributed by atoms with van der Waals surface area (Å²) in [6.45, 7) is 0.808. The summed E-state index contributed by atoms with van der Waals surface area (Å²) in [5, 5.41) is 21.9. The fraction of sp³-hybridized carbons (Fsp3) is 0.238. The summed E-state index contributed by atoms with van der Waals surface area (Å²) in [6, 6.07) is 10.0. The van der Waals surface area contributed by atoms with Crippen molar-refractivity contribution in [3.8, 4) is 5.75 Å². The number of hydrogen-bond donors (Lipinski definition) is 2. The summed E-state index contributed by atoms with van der Waals surface area (Å²) in [7, 11) is 3.72. The van der Waals surface area contributed by atoms with Crippen molar-refractivity contribution in [3.63, 3.8) is 0 Å². The lowest BCUT2D eigenvalue weighted by Crippen LogP contribution is -2.35. The number of benzene rings is 2. The molecule has 1 amide bonds. The minimum Gasteiger partial charge on any atom is -0.507 e. The van der Waals surface area contributed by atoms with Gasteiger partial charge in [0.15, 0.2) is 0 Å². The van der Waals surface area contributed by atoms with Crippen LogP contribution in [0.15, 0.2) is 48.0 Å². The van der Waals surface area contributed by atoms with Crippen LogP contribution in [-0.2, 0) is 9.59 Å². The molecule has 2 aromatic carbocycles. The van der Waals surface area contributed by atoms with E-state index in [4.69, 9.17) is 23.2 Å². The Kier molecular flexibility index (Phi) is 6.17. The lowest BCUT2D eigenvalue weighted by atomic mass is 9.95. The Bertz CT molecular complexity index is 987. The zero-order chi connectivity index (χ0) is 21.3. The number of likely N-dealkylation sites (N-methyl/N-ethyl adjacent to an activating group) is 1. The van der Waals surface area contributed by atoms with E-state index in [9.17, 15) is 19.8 Å². The first kappa shape index (κ1) is 21.2. The van der Waals surface area contributed by atoms with Gasteiger partial charge in [0, 0.05) is 23.1 Å². The van der Waals surface area contributed by atoms with Gasteiger partial charge in [0.25, 0.3) is 11.7 Å². The molecule has 0 unspecified atom stereocenters. The molecule has 0 aromatic heterocycles. The minimum atomic E-state index is -0.819. The fourth-order valence-corrected chi connectivity index (χ4v) is 3.55. The van der Waals surface area contributed by atoms with Gasteiger partial charge in [0.2, 0.25) is 0 Å². The number of nitrogens with zero attached hydrogens (tertiary/aromatic N) is 2. The first-order chi connectivity index (χ1) is 13.7. The van der Waals surface area contributed by atoms with Crippen LogP contribution in [-0.4, -0.2) is 58.9 Å². The molecule has 29 heavy (non-hydrogen) atoms. The molecule has 1 atom stereocenters. The minimum absolute atomic E-state index is 0.0120. The average Bonchev–Trinajstić information content (AvgIpc) is 2.93. The van der Waals surface area contributed by atoms with Gasteiger partial charge >= 0.3 is 0 Å². The normalized spacial score (nSPS) is 18.7. The molecule has 0 aliphatic carbocycles. The van der Waals surface area contributed by atoms with E-state index >= 15 is 0 Å². The highest BCUT2D eigenvalue weighted by molar-refractivity contribution is 6.46. The van der Waals surface area contributed by atoms with E-state index in [2.05, 4.69) is 0 Å². The summed E-state index contributed by atoms with van der Waals surface area (Å²) in [6.07, 6.45) is 0. The molecule has 1 heterocycles. The van der Waals surface area contributed by atoms with Gasteiger partial charge in [-0.2, -0.15) is 0 Å². The van der Waals surface area contributed by atoms with Crippen LogP contribution in [0.3, 0.4) is 0 Å². The first-order valence-electron chi connectivity index (χ1n) is 8.88. The number of likely N-dealkylation sites (tertiary alicyclic amines) is 1. The van der Waals surface area contributed by atoms with E-state index in [1.54, 1.807) is 24.3 Å². The van der Waals surface area contributed by atoms with Crippen LogP contribution < -0.4 is 0 Å². The molecule has 0 bridgehead atoms. The summed E-state index contributed by atoms with van der Waals surface area (Å²) >= 11 is 12.0. The van der Waals surface area contributed by atoms with Crippen LogP contribution in [0.25, 0.3) is 5.76 Å². The second kappa shape index (κ2) is 8.45. The van der Waals surface area contributed by atoms with Crippen molar-refractivity contribution in [1.29, 1.82) is 0 Å². The number of rotatable bonds is 5. The Morgan fingerprint density at radius 1 is 1.07 bits per heavy atom. The molecule has 1 fully saturated rings. The molecule has 8 heteroatoms. The van der Waals surface area contributed by atoms with Crippen LogP contribution in [0.2, 0.25) is 10.0 Å². The van der Waals surface area contributed by atoms with Gasteiger partial charge in [-0.15, -0.1) is 0 Å². The third-order valence-electron chi connectivity index (χ3n) is 4.73. The molecule has 1 aliphatic heterocycles. The second-order valence-electron chi connectivity index (χ2n) is 7.01. The van der Waals surface area contributed by atoms with E-state index < -0.39 is 23.5 Å². The number of Topliss-reactive ketones (excluding diaryl/α,β-unsaturated/α-hetero) is 1. The number of aliphatic hydroxyl groups is 1. The molecule has 0 radical (unpaired) electrons. The second-order valence-corrected chi connectivity index (χ2v) is 7.88. The maximum absolute atomic E-state index is 12.9. The summed E-state index contributed by atoms with van der Waals surface area (Å²) in [5.74, 6) is -2.26. The number of phenols is 1. The third kappa shape index (κ3) is 4.24. The van der Waals surface area contributed by atoms with Crippen LogP contribution in [0.5, 0.6) is 5.75 Å². The Balaban J connectivity index is 2.19. The number of carbonyl (C=O) groups excluding carboxylic acids is 2. The summed E-state index contributed by atoms with van der Waals surface area (Å²) < 4.78 is 0. The van der Waals surface area contributed by atoms with Crippen molar-refractivity contribution < 1.29 is 19.8 Å². The van der Waals surface area contributed by atoms with E-state index in [1.807, 2.05) is 19.0 Å². The summed E-state index contributed by atoms with van der Waals surface area (Å²) in [4.78, 5) is 28.9. The van der Waals surface area contributed by atoms with Crippen molar-refractivity contribution in [2.75, 3.05) is 27.2 Å². The maximum Gasteiger partial charge on any atom is 0.295 e. The van der Waals surface area contributed by atoms with Crippen molar-refractivity contribution in [3.05, 3.63) is 69.2 Å². The van der Waals surface area contributed by atoms with Gasteiger partial charge in [-0.1, -0.05) is 35.3 Å². The number of aromatic hydroxyl groups is 1. The molecule has 2 aromatic rings. The molecule has 0 spiro atoms. The number of phenolic OH excluding ortho intramolecular Hbond substituents is 1. The number of ketones is 1. The van der Waals surface area contributed by atoms with Crippen molar-refractivity contribution >= 4 is 40.7 Å². The Morgan fingerprint density at radius 3 is 2.31 bits per heavy atom. The predicted octanol–water partition coefficient (Wildman–Crippen LogP) is 3.68. The van der Waals surface area contributed by atoms with E-state index in [-0.39, 0.29) is 28.5 Å². The van der Waals surface area contributed by atoms with Crippen LogP contribution in [0, 0.1) is 0 Å². The van der Waals surface area contributed by atoms with Gasteiger partial charge < -0.3 is 20.0 Å². The van der Waals surface area contributed by atoms with Crippen molar-refractivity contribution in [1.82, 2.24) is 9.80 Å². The SMILES string of the molecule is CN(C)CCN1C(=O)C(=O)C(=C(O)c2cc(Cl)ccc2O)[C@@H]1c1ccc(Cl)cc1. The van der Waals surface area contributed by atoms with Crippen LogP contribution in [0.1, 0.15) is 17.2 Å². The number of aliphatic hydroxyl groups excluding tert-OH is 1. The van der Waals surface area contributed by atoms with Gasteiger partial charge in [-0.3, -0.25) is 9.59 Å². The molecule has 1 aliphatic rings. The first-order valence-corrected chi connectivity index (χ1v) is 9.63. The van der Waals surface area contributed by atoms with Crippen LogP contribution >= 0.6 is 23.2 Å². The summed E-state index contributed by atoms with van der Waals surface area (Å²) in [5.41, 5.74) is 0.506. The molecular weight excluding hydrogens is 415 g/mol. The zero-order valence-corrected chi connectivity index (χ0v) is 17.4. The smallest absolute Gasteiger partial charge is 0.295 e.